The summed E-state index contributed by atoms with van der Waals surface area (Å²) >= 11 is 1.38. The van der Waals surface area contributed by atoms with Crippen LogP contribution >= 0.6 is 11.3 Å². The van der Waals surface area contributed by atoms with E-state index < -0.39 is 5.97 Å². The third-order valence-electron chi connectivity index (χ3n) is 3.68. The Hall–Kier alpha value is -2.93. The quantitative estimate of drug-likeness (QED) is 0.614. The van der Waals surface area contributed by atoms with Gasteiger partial charge in [-0.1, -0.05) is 12.1 Å². The third-order valence-corrected chi connectivity index (χ3v) is 4.62. The second-order valence-electron chi connectivity index (χ2n) is 5.72. The summed E-state index contributed by atoms with van der Waals surface area (Å²) in [5.41, 5.74) is 2.20. The van der Waals surface area contributed by atoms with Crippen molar-refractivity contribution >= 4 is 17.3 Å². The maximum atomic E-state index is 13.0. The Morgan fingerprint density at radius 2 is 1.93 bits per heavy atom. The van der Waals surface area contributed by atoms with Crippen LogP contribution < -0.4 is 9.47 Å². The number of aromatic nitrogens is 1. The second-order valence-corrected chi connectivity index (χ2v) is 6.58. The SMILES string of the molecule is CCOc1cc(-c2nc(CC(=O)O)cs2)ccc1OCc1ccc(F)cc1. The monoisotopic (exact) mass is 387 g/mol. The summed E-state index contributed by atoms with van der Waals surface area (Å²) in [5.74, 6) is -0.0467. The van der Waals surface area contributed by atoms with Crippen molar-refractivity contribution in [1.82, 2.24) is 4.98 Å². The predicted octanol–water partition coefficient (Wildman–Crippen LogP) is 4.55. The summed E-state index contributed by atoms with van der Waals surface area (Å²) in [7, 11) is 0. The predicted molar refractivity (Wildman–Crippen MR) is 101 cm³/mol. The largest absolute Gasteiger partial charge is 0.490 e. The second kappa shape index (κ2) is 8.64. The lowest BCUT2D eigenvalue weighted by atomic mass is 10.2. The first-order valence-corrected chi connectivity index (χ1v) is 9.23. The van der Waals surface area contributed by atoms with Crippen LogP contribution in [-0.2, 0) is 17.8 Å². The molecule has 0 bridgehead atoms. The first-order chi connectivity index (χ1) is 13.0. The van der Waals surface area contributed by atoms with Crippen molar-refractivity contribution in [3.8, 4) is 22.1 Å². The average Bonchev–Trinajstić information content (AvgIpc) is 3.10. The van der Waals surface area contributed by atoms with Gasteiger partial charge in [-0.3, -0.25) is 4.79 Å². The Bertz CT molecular complexity index is 924. The molecule has 0 aliphatic rings. The smallest absolute Gasteiger partial charge is 0.309 e. The van der Waals surface area contributed by atoms with E-state index in [0.29, 0.717) is 30.4 Å². The normalized spacial score (nSPS) is 10.6. The fraction of sp³-hybridized carbons (Fsp3) is 0.200. The van der Waals surface area contributed by atoms with Crippen molar-refractivity contribution in [3.05, 3.63) is 64.9 Å². The highest BCUT2D eigenvalue weighted by atomic mass is 32.1. The van der Waals surface area contributed by atoms with Gasteiger partial charge in [0, 0.05) is 10.9 Å². The number of halogens is 1. The van der Waals surface area contributed by atoms with E-state index in [1.807, 2.05) is 19.1 Å². The van der Waals surface area contributed by atoms with Gasteiger partial charge in [0.05, 0.1) is 18.7 Å². The van der Waals surface area contributed by atoms with Crippen LogP contribution in [0.1, 0.15) is 18.2 Å². The van der Waals surface area contributed by atoms with Gasteiger partial charge >= 0.3 is 5.97 Å². The molecular formula is C20H18FNO4S. The van der Waals surface area contributed by atoms with Gasteiger partial charge in [0.15, 0.2) is 11.5 Å². The van der Waals surface area contributed by atoms with E-state index in [4.69, 9.17) is 14.6 Å². The van der Waals surface area contributed by atoms with Crippen LogP contribution in [0.4, 0.5) is 4.39 Å². The molecule has 0 unspecified atom stereocenters. The van der Waals surface area contributed by atoms with Gasteiger partial charge in [0.2, 0.25) is 0 Å². The van der Waals surface area contributed by atoms with Crippen LogP contribution in [0.3, 0.4) is 0 Å². The Balaban J connectivity index is 1.78. The molecular weight excluding hydrogens is 369 g/mol. The minimum atomic E-state index is -0.911. The number of carboxylic acid groups (broad SMARTS) is 1. The number of benzene rings is 2. The molecule has 1 N–H and O–H groups in total. The Morgan fingerprint density at radius 3 is 2.63 bits per heavy atom. The van der Waals surface area contributed by atoms with Crippen molar-refractivity contribution < 1.29 is 23.8 Å². The van der Waals surface area contributed by atoms with Crippen LogP contribution in [0.15, 0.2) is 47.8 Å². The van der Waals surface area contributed by atoms with Gasteiger partial charge in [-0.15, -0.1) is 11.3 Å². The summed E-state index contributed by atoms with van der Waals surface area (Å²) < 4.78 is 24.5. The maximum Gasteiger partial charge on any atom is 0.309 e. The summed E-state index contributed by atoms with van der Waals surface area (Å²) in [4.78, 5) is 15.2. The molecule has 0 aliphatic carbocycles. The Kier molecular flexibility index (Phi) is 6.03. The lowest BCUT2D eigenvalue weighted by Gasteiger charge is -2.13. The highest BCUT2D eigenvalue weighted by molar-refractivity contribution is 7.13. The molecule has 0 amide bonds. The molecule has 5 nitrogen and oxygen atoms in total. The summed E-state index contributed by atoms with van der Waals surface area (Å²) in [5, 5.41) is 11.3. The number of aliphatic carboxylic acids is 1. The minimum Gasteiger partial charge on any atom is -0.490 e. The van der Waals surface area contributed by atoms with Crippen molar-refractivity contribution in [2.45, 2.75) is 20.0 Å². The molecule has 140 valence electrons. The van der Waals surface area contributed by atoms with E-state index in [1.165, 1.54) is 23.5 Å². The molecule has 3 rings (SSSR count). The first kappa shape index (κ1) is 18.8. The lowest BCUT2D eigenvalue weighted by Crippen LogP contribution is -2.00. The van der Waals surface area contributed by atoms with Gasteiger partial charge in [-0.25, -0.2) is 9.37 Å². The summed E-state index contributed by atoms with van der Waals surface area (Å²) in [6.07, 6.45) is -0.103. The number of nitrogens with zero attached hydrogens (tertiary/aromatic N) is 1. The lowest BCUT2D eigenvalue weighted by molar-refractivity contribution is -0.136. The van der Waals surface area contributed by atoms with Gasteiger partial charge in [-0.05, 0) is 42.8 Å². The molecule has 0 fully saturated rings. The number of rotatable bonds is 8. The molecule has 2 aromatic carbocycles. The zero-order valence-electron chi connectivity index (χ0n) is 14.6. The number of carbonyl (C=O) groups is 1. The van der Waals surface area contributed by atoms with E-state index in [0.717, 1.165) is 16.1 Å². The highest BCUT2D eigenvalue weighted by Gasteiger charge is 2.12. The van der Waals surface area contributed by atoms with Gasteiger partial charge in [0.25, 0.3) is 0 Å². The molecule has 0 saturated heterocycles. The van der Waals surface area contributed by atoms with E-state index in [9.17, 15) is 9.18 Å². The van der Waals surface area contributed by atoms with Crippen molar-refractivity contribution in [1.29, 1.82) is 0 Å². The van der Waals surface area contributed by atoms with Gasteiger partial charge in [-0.2, -0.15) is 0 Å². The molecule has 0 aliphatic heterocycles. The third kappa shape index (κ3) is 5.04. The van der Waals surface area contributed by atoms with Crippen molar-refractivity contribution in [2.24, 2.45) is 0 Å². The molecule has 27 heavy (non-hydrogen) atoms. The fourth-order valence-electron chi connectivity index (χ4n) is 2.45. The number of thiazole rings is 1. The van der Waals surface area contributed by atoms with Crippen molar-refractivity contribution in [2.75, 3.05) is 6.61 Å². The number of ether oxygens (including phenoxy) is 2. The first-order valence-electron chi connectivity index (χ1n) is 8.36. The molecule has 7 heteroatoms. The molecule has 0 radical (unpaired) electrons. The van der Waals surface area contributed by atoms with E-state index >= 15 is 0 Å². The van der Waals surface area contributed by atoms with Gasteiger partial charge in [0.1, 0.15) is 17.4 Å². The minimum absolute atomic E-state index is 0.103. The topological polar surface area (TPSA) is 68.7 Å². The number of carboxylic acids is 1. The van der Waals surface area contributed by atoms with Crippen LogP contribution in [0.5, 0.6) is 11.5 Å². The standard InChI is InChI=1S/C20H18FNO4S/c1-2-25-18-9-14(20-22-16(12-27-20)10-19(23)24)5-8-17(18)26-11-13-3-6-15(21)7-4-13/h3-9,12H,2,10-11H2,1H3,(H,23,24). The summed E-state index contributed by atoms with van der Waals surface area (Å²) in [6.45, 7) is 2.64. The fourth-order valence-corrected chi connectivity index (χ4v) is 3.26. The highest BCUT2D eigenvalue weighted by Crippen LogP contribution is 2.34. The summed E-state index contributed by atoms with van der Waals surface area (Å²) in [6, 6.07) is 11.6. The van der Waals surface area contributed by atoms with Gasteiger partial charge < -0.3 is 14.6 Å². The van der Waals surface area contributed by atoms with Crippen LogP contribution in [0, 0.1) is 5.82 Å². The Labute approximate surface area is 160 Å². The number of hydrogen-bond donors (Lipinski definition) is 1. The zero-order valence-corrected chi connectivity index (χ0v) is 15.5. The van der Waals surface area contributed by atoms with E-state index in [1.54, 1.807) is 23.6 Å². The van der Waals surface area contributed by atoms with Crippen LogP contribution in [0.25, 0.3) is 10.6 Å². The Morgan fingerprint density at radius 1 is 1.15 bits per heavy atom. The average molecular weight is 387 g/mol. The van der Waals surface area contributed by atoms with E-state index in [2.05, 4.69) is 4.98 Å². The maximum absolute atomic E-state index is 13.0. The molecule has 0 saturated carbocycles. The molecule has 0 spiro atoms. The molecule has 3 aromatic rings. The molecule has 0 atom stereocenters. The number of hydrogen-bond acceptors (Lipinski definition) is 5. The van der Waals surface area contributed by atoms with E-state index in [-0.39, 0.29) is 12.2 Å². The van der Waals surface area contributed by atoms with Crippen LogP contribution in [0.2, 0.25) is 0 Å². The molecule has 1 aromatic heterocycles. The van der Waals surface area contributed by atoms with Crippen molar-refractivity contribution in [3.63, 3.8) is 0 Å². The zero-order chi connectivity index (χ0) is 19.2. The molecule has 1 heterocycles. The van der Waals surface area contributed by atoms with Crippen LogP contribution in [-0.4, -0.2) is 22.7 Å².